The summed E-state index contributed by atoms with van der Waals surface area (Å²) < 4.78 is 26.6. The van der Waals surface area contributed by atoms with Crippen molar-refractivity contribution in [3.8, 4) is 33.9 Å². The summed E-state index contributed by atoms with van der Waals surface area (Å²) in [6, 6.07) is 28.6. The Balaban J connectivity index is 1.54. The van der Waals surface area contributed by atoms with Gasteiger partial charge in [-0.1, -0.05) is 54.6 Å². The standard InChI is InChI=1S/C28H18F2N2O/c29-23-14-10-21(11-15-23)27(33)20-8-6-19(7-9-20)26-25(18-4-2-1-3-5-18)31-28(32-26)22-12-16-24(30)17-13-22/h1-17H,(H,31,32). The molecule has 0 saturated carbocycles. The smallest absolute Gasteiger partial charge is 0.193 e. The third-order valence-electron chi connectivity index (χ3n) is 5.41. The maximum absolute atomic E-state index is 13.4. The summed E-state index contributed by atoms with van der Waals surface area (Å²) in [5.74, 6) is -0.251. The largest absolute Gasteiger partial charge is 0.337 e. The van der Waals surface area contributed by atoms with Crippen molar-refractivity contribution in [2.24, 2.45) is 0 Å². The van der Waals surface area contributed by atoms with Gasteiger partial charge in [0.1, 0.15) is 17.5 Å². The molecule has 4 aromatic carbocycles. The molecule has 0 unspecified atom stereocenters. The number of rotatable bonds is 5. The maximum Gasteiger partial charge on any atom is 0.193 e. The van der Waals surface area contributed by atoms with Gasteiger partial charge in [0.2, 0.25) is 0 Å². The van der Waals surface area contributed by atoms with Crippen LogP contribution in [0.1, 0.15) is 15.9 Å². The molecule has 5 heteroatoms. The van der Waals surface area contributed by atoms with Gasteiger partial charge in [-0.2, -0.15) is 0 Å². The van der Waals surface area contributed by atoms with E-state index in [1.165, 1.54) is 36.4 Å². The molecular weight excluding hydrogens is 418 g/mol. The van der Waals surface area contributed by atoms with Crippen molar-refractivity contribution in [2.75, 3.05) is 0 Å². The second-order valence-electron chi connectivity index (χ2n) is 7.60. The van der Waals surface area contributed by atoms with E-state index in [1.54, 1.807) is 24.3 Å². The van der Waals surface area contributed by atoms with Crippen LogP contribution >= 0.6 is 0 Å². The number of H-pyrrole nitrogens is 1. The topological polar surface area (TPSA) is 45.8 Å². The number of aromatic amines is 1. The van der Waals surface area contributed by atoms with E-state index in [9.17, 15) is 13.6 Å². The molecule has 0 amide bonds. The first-order valence-electron chi connectivity index (χ1n) is 10.4. The lowest BCUT2D eigenvalue weighted by Crippen LogP contribution is -2.01. The predicted octanol–water partition coefficient (Wildman–Crippen LogP) is 6.92. The number of aromatic nitrogens is 2. The summed E-state index contributed by atoms with van der Waals surface area (Å²) in [6.45, 7) is 0. The fourth-order valence-electron chi connectivity index (χ4n) is 3.69. The van der Waals surface area contributed by atoms with E-state index in [4.69, 9.17) is 4.98 Å². The number of halogens is 2. The minimum atomic E-state index is -0.383. The van der Waals surface area contributed by atoms with Gasteiger partial charge < -0.3 is 4.98 Å². The Hall–Kier alpha value is -4.38. The van der Waals surface area contributed by atoms with Crippen LogP contribution in [0.25, 0.3) is 33.9 Å². The molecule has 160 valence electrons. The van der Waals surface area contributed by atoms with Gasteiger partial charge in [-0.05, 0) is 48.5 Å². The number of hydrogen-bond donors (Lipinski definition) is 1. The van der Waals surface area contributed by atoms with E-state index in [0.29, 0.717) is 17.0 Å². The van der Waals surface area contributed by atoms with Gasteiger partial charge in [0, 0.05) is 27.8 Å². The van der Waals surface area contributed by atoms with E-state index < -0.39 is 0 Å². The van der Waals surface area contributed by atoms with Crippen molar-refractivity contribution in [1.82, 2.24) is 9.97 Å². The van der Waals surface area contributed by atoms with Gasteiger partial charge in [-0.3, -0.25) is 4.79 Å². The van der Waals surface area contributed by atoms with Crippen LogP contribution in [0.3, 0.4) is 0 Å². The van der Waals surface area contributed by atoms with E-state index in [2.05, 4.69) is 4.98 Å². The highest BCUT2D eigenvalue weighted by Gasteiger charge is 2.16. The van der Waals surface area contributed by atoms with E-state index in [-0.39, 0.29) is 17.4 Å². The Labute approximate surface area is 189 Å². The van der Waals surface area contributed by atoms with Crippen LogP contribution in [0, 0.1) is 11.6 Å². The van der Waals surface area contributed by atoms with Crippen LogP contribution in [-0.2, 0) is 0 Å². The number of carbonyl (C=O) groups excluding carboxylic acids is 1. The fourth-order valence-corrected chi connectivity index (χ4v) is 3.69. The number of carbonyl (C=O) groups is 1. The highest BCUT2D eigenvalue weighted by Crippen LogP contribution is 2.33. The quantitative estimate of drug-likeness (QED) is 0.304. The van der Waals surface area contributed by atoms with Gasteiger partial charge in [-0.15, -0.1) is 0 Å². The average molecular weight is 436 g/mol. The molecule has 0 bridgehead atoms. The lowest BCUT2D eigenvalue weighted by atomic mass is 10.00. The summed E-state index contributed by atoms with van der Waals surface area (Å²) in [4.78, 5) is 20.9. The summed E-state index contributed by atoms with van der Waals surface area (Å²) in [7, 11) is 0. The molecule has 33 heavy (non-hydrogen) atoms. The Kier molecular flexibility index (Phi) is 5.37. The summed E-state index contributed by atoms with van der Waals surface area (Å²) in [5.41, 5.74) is 5.03. The van der Waals surface area contributed by atoms with Crippen LogP contribution in [0.5, 0.6) is 0 Å². The number of nitrogens with zero attached hydrogens (tertiary/aromatic N) is 1. The van der Waals surface area contributed by atoms with Crippen molar-refractivity contribution < 1.29 is 13.6 Å². The van der Waals surface area contributed by atoms with Gasteiger partial charge in [-0.25, -0.2) is 13.8 Å². The number of ketones is 1. The molecule has 0 aliphatic heterocycles. The number of benzene rings is 4. The zero-order chi connectivity index (χ0) is 22.8. The Bertz CT molecular complexity index is 1410. The van der Waals surface area contributed by atoms with Gasteiger partial charge in [0.05, 0.1) is 11.4 Å². The van der Waals surface area contributed by atoms with Crippen LogP contribution in [0.15, 0.2) is 103 Å². The molecule has 0 aliphatic carbocycles. The van der Waals surface area contributed by atoms with Gasteiger partial charge >= 0.3 is 0 Å². The molecule has 5 rings (SSSR count). The molecule has 1 aromatic heterocycles. The first-order valence-corrected chi connectivity index (χ1v) is 10.4. The van der Waals surface area contributed by atoms with Crippen molar-refractivity contribution in [3.63, 3.8) is 0 Å². The minimum Gasteiger partial charge on any atom is -0.337 e. The molecule has 0 saturated heterocycles. The second kappa shape index (κ2) is 8.63. The minimum absolute atomic E-state index is 0.179. The summed E-state index contributed by atoms with van der Waals surface area (Å²) in [6.07, 6.45) is 0. The molecule has 0 aliphatic rings. The Morgan fingerprint density at radius 2 is 1.12 bits per heavy atom. The highest BCUT2D eigenvalue weighted by atomic mass is 19.1. The Morgan fingerprint density at radius 1 is 0.606 bits per heavy atom. The van der Waals surface area contributed by atoms with Crippen molar-refractivity contribution in [1.29, 1.82) is 0 Å². The van der Waals surface area contributed by atoms with Crippen LogP contribution in [-0.4, -0.2) is 15.8 Å². The molecule has 3 nitrogen and oxygen atoms in total. The van der Waals surface area contributed by atoms with E-state index in [0.717, 1.165) is 28.1 Å². The molecule has 0 atom stereocenters. The molecule has 5 aromatic rings. The molecular formula is C28H18F2N2O. The van der Waals surface area contributed by atoms with Gasteiger partial charge in [0.15, 0.2) is 5.78 Å². The van der Waals surface area contributed by atoms with Gasteiger partial charge in [0.25, 0.3) is 0 Å². The monoisotopic (exact) mass is 436 g/mol. The molecule has 0 fully saturated rings. The van der Waals surface area contributed by atoms with E-state index >= 15 is 0 Å². The lowest BCUT2D eigenvalue weighted by molar-refractivity contribution is 0.103. The zero-order valence-corrected chi connectivity index (χ0v) is 17.4. The number of nitrogens with one attached hydrogen (secondary N) is 1. The molecule has 1 heterocycles. The summed E-state index contributed by atoms with van der Waals surface area (Å²) >= 11 is 0. The first-order chi connectivity index (χ1) is 16.1. The predicted molar refractivity (Wildman–Crippen MR) is 125 cm³/mol. The molecule has 1 N–H and O–H groups in total. The van der Waals surface area contributed by atoms with Crippen molar-refractivity contribution in [3.05, 3.63) is 126 Å². The van der Waals surface area contributed by atoms with E-state index in [1.807, 2.05) is 42.5 Å². The maximum atomic E-state index is 13.4. The molecule has 0 spiro atoms. The SMILES string of the molecule is O=C(c1ccc(F)cc1)c1ccc(-c2[nH]c(-c3ccc(F)cc3)nc2-c2ccccc2)cc1. The third kappa shape index (κ3) is 4.21. The highest BCUT2D eigenvalue weighted by molar-refractivity contribution is 6.09. The lowest BCUT2D eigenvalue weighted by Gasteiger charge is -2.06. The Morgan fingerprint density at radius 3 is 1.73 bits per heavy atom. The third-order valence-corrected chi connectivity index (χ3v) is 5.41. The zero-order valence-electron chi connectivity index (χ0n) is 17.4. The van der Waals surface area contributed by atoms with Crippen LogP contribution < -0.4 is 0 Å². The van der Waals surface area contributed by atoms with Crippen molar-refractivity contribution >= 4 is 5.78 Å². The van der Waals surface area contributed by atoms with Crippen LogP contribution in [0.2, 0.25) is 0 Å². The first kappa shape index (κ1) is 20.5. The van der Waals surface area contributed by atoms with Crippen molar-refractivity contribution in [2.45, 2.75) is 0 Å². The number of hydrogen-bond acceptors (Lipinski definition) is 2. The number of imidazole rings is 1. The second-order valence-corrected chi connectivity index (χ2v) is 7.60. The average Bonchev–Trinajstić information content (AvgIpc) is 3.31. The van der Waals surface area contributed by atoms with Crippen LogP contribution in [0.4, 0.5) is 8.78 Å². The molecule has 0 radical (unpaired) electrons. The summed E-state index contributed by atoms with van der Waals surface area (Å²) in [5, 5.41) is 0. The fraction of sp³-hybridized carbons (Fsp3) is 0. The normalized spacial score (nSPS) is 10.8.